The van der Waals surface area contributed by atoms with Crippen LogP contribution in [-0.4, -0.2) is 16.8 Å². The Hall–Kier alpha value is -1.87. The van der Waals surface area contributed by atoms with Crippen LogP contribution in [0.15, 0.2) is 54.7 Å². The van der Waals surface area contributed by atoms with Gasteiger partial charge < -0.3 is 5.32 Å². The monoisotopic (exact) mass is 274 g/mol. The first kappa shape index (κ1) is 13.6. The number of hydrogen-bond donors (Lipinski definition) is 1. The van der Waals surface area contributed by atoms with Gasteiger partial charge in [-0.1, -0.05) is 36.4 Å². The maximum atomic E-state index is 11.5. The summed E-state index contributed by atoms with van der Waals surface area (Å²) in [6.45, 7) is 0. The Balaban J connectivity index is 2.17. The van der Waals surface area contributed by atoms with Crippen molar-refractivity contribution in [3.63, 3.8) is 0 Å². The summed E-state index contributed by atoms with van der Waals surface area (Å²) < 4.78 is 0. The Kier molecular flexibility index (Phi) is 4.93. The molecule has 2 aromatic rings. The summed E-state index contributed by atoms with van der Waals surface area (Å²) >= 11 is 5.55. The molecular formula is C15H15ClN2O. The average Bonchev–Trinajstić information content (AvgIpc) is 2.48. The molecule has 0 bridgehead atoms. The third kappa shape index (κ3) is 4.07. The van der Waals surface area contributed by atoms with Crippen molar-refractivity contribution in [2.45, 2.75) is 12.5 Å². The number of aromatic nitrogens is 1. The maximum Gasteiger partial charge on any atom is 0.235 e. The lowest BCUT2D eigenvalue weighted by molar-refractivity contribution is -0.119. The summed E-state index contributed by atoms with van der Waals surface area (Å²) in [4.78, 5) is 15.8. The topological polar surface area (TPSA) is 42.0 Å². The maximum absolute atomic E-state index is 11.5. The molecule has 0 radical (unpaired) electrons. The molecule has 0 spiro atoms. The Labute approximate surface area is 117 Å². The van der Waals surface area contributed by atoms with E-state index in [1.165, 1.54) is 0 Å². The summed E-state index contributed by atoms with van der Waals surface area (Å²) in [5.74, 6) is -0.230. The number of alkyl halides is 1. The largest absolute Gasteiger partial charge is 0.346 e. The number of hydrogen-bond acceptors (Lipinski definition) is 2. The van der Waals surface area contributed by atoms with Crippen LogP contribution in [0.3, 0.4) is 0 Å². The molecular weight excluding hydrogens is 260 g/mol. The Morgan fingerprint density at radius 3 is 2.53 bits per heavy atom. The predicted molar refractivity (Wildman–Crippen MR) is 76.0 cm³/mol. The third-order valence-corrected chi connectivity index (χ3v) is 3.03. The van der Waals surface area contributed by atoms with Gasteiger partial charge in [-0.2, -0.15) is 0 Å². The highest BCUT2D eigenvalue weighted by atomic mass is 35.5. The SMILES string of the molecule is O=C(CCl)NC(Cc1ccccc1)c1ccccn1. The number of halogens is 1. The number of rotatable bonds is 5. The lowest BCUT2D eigenvalue weighted by Gasteiger charge is -2.17. The van der Waals surface area contributed by atoms with Gasteiger partial charge in [0.25, 0.3) is 0 Å². The van der Waals surface area contributed by atoms with Crippen LogP contribution in [0.5, 0.6) is 0 Å². The summed E-state index contributed by atoms with van der Waals surface area (Å²) in [5.41, 5.74) is 1.98. The number of benzene rings is 1. The van der Waals surface area contributed by atoms with Crippen molar-refractivity contribution in [2.24, 2.45) is 0 Å². The number of nitrogens with one attached hydrogen (secondary N) is 1. The molecule has 1 unspecified atom stereocenters. The van der Waals surface area contributed by atoms with Crippen molar-refractivity contribution in [3.05, 3.63) is 66.0 Å². The first-order valence-corrected chi connectivity index (χ1v) is 6.63. The minimum atomic E-state index is -0.187. The highest BCUT2D eigenvalue weighted by Crippen LogP contribution is 2.16. The average molecular weight is 275 g/mol. The molecule has 1 atom stereocenters. The molecule has 2 rings (SSSR count). The van der Waals surface area contributed by atoms with Crippen molar-refractivity contribution in [1.82, 2.24) is 10.3 Å². The van der Waals surface area contributed by atoms with Gasteiger partial charge in [-0.3, -0.25) is 9.78 Å². The van der Waals surface area contributed by atoms with Gasteiger partial charge >= 0.3 is 0 Å². The van der Waals surface area contributed by atoms with Crippen LogP contribution in [0, 0.1) is 0 Å². The molecule has 0 saturated carbocycles. The summed E-state index contributed by atoms with van der Waals surface area (Å²) in [5, 5.41) is 2.90. The van der Waals surface area contributed by atoms with Gasteiger partial charge in [-0.05, 0) is 24.1 Å². The minimum Gasteiger partial charge on any atom is -0.346 e. The van der Waals surface area contributed by atoms with Gasteiger partial charge in [0.1, 0.15) is 5.88 Å². The molecule has 1 heterocycles. The first-order valence-electron chi connectivity index (χ1n) is 6.10. The lowest BCUT2D eigenvalue weighted by atomic mass is 10.0. The highest BCUT2D eigenvalue weighted by Gasteiger charge is 2.15. The van der Waals surface area contributed by atoms with Gasteiger partial charge in [-0.15, -0.1) is 11.6 Å². The number of nitrogens with zero attached hydrogens (tertiary/aromatic N) is 1. The number of carbonyl (C=O) groups excluding carboxylic acids is 1. The first-order chi connectivity index (χ1) is 9.29. The molecule has 0 saturated heterocycles. The molecule has 1 aromatic carbocycles. The lowest BCUT2D eigenvalue weighted by Crippen LogP contribution is -2.31. The molecule has 4 heteroatoms. The molecule has 1 amide bonds. The molecule has 0 aliphatic heterocycles. The molecule has 3 nitrogen and oxygen atoms in total. The van der Waals surface area contributed by atoms with Crippen LogP contribution in [0.2, 0.25) is 0 Å². The molecule has 98 valence electrons. The molecule has 0 aliphatic rings. The Morgan fingerprint density at radius 2 is 1.89 bits per heavy atom. The van der Waals surface area contributed by atoms with E-state index in [0.29, 0.717) is 6.42 Å². The quantitative estimate of drug-likeness (QED) is 0.852. The zero-order valence-corrected chi connectivity index (χ0v) is 11.2. The van der Waals surface area contributed by atoms with Crippen LogP contribution >= 0.6 is 11.6 Å². The van der Waals surface area contributed by atoms with Crippen LogP contribution in [0.25, 0.3) is 0 Å². The predicted octanol–water partition coefficient (Wildman–Crippen LogP) is 2.72. The summed E-state index contributed by atoms with van der Waals surface area (Å²) in [7, 11) is 0. The van der Waals surface area contributed by atoms with Gasteiger partial charge in [0.2, 0.25) is 5.91 Å². The summed E-state index contributed by atoms with van der Waals surface area (Å²) in [6.07, 6.45) is 2.42. The fourth-order valence-corrected chi connectivity index (χ4v) is 1.97. The van der Waals surface area contributed by atoms with Crippen LogP contribution < -0.4 is 5.32 Å². The highest BCUT2D eigenvalue weighted by molar-refractivity contribution is 6.27. The van der Waals surface area contributed by atoms with E-state index in [1.807, 2.05) is 48.5 Å². The van der Waals surface area contributed by atoms with Gasteiger partial charge in [0, 0.05) is 6.20 Å². The van der Waals surface area contributed by atoms with E-state index in [0.717, 1.165) is 11.3 Å². The fourth-order valence-electron chi connectivity index (χ4n) is 1.89. The van der Waals surface area contributed by atoms with Crippen molar-refractivity contribution < 1.29 is 4.79 Å². The van der Waals surface area contributed by atoms with Gasteiger partial charge in [0.05, 0.1) is 11.7 Å². The van der Waals surface area contributed by atoms with E-state index in [9.17, 15) is 4.79 Å². The molecule has 0 aliphatic carbocycles. The zero-order valence-electron chi connectivity index (χ0n) is 10.4. The molecule has 1 aromatic heterocycles. The second-order valence-electron chi connectivity index (χ2n) is 4.20. The normalized spacial score (nSPS) is 11.8. The minimum absolute atomic E-state index is 0.0435. The van der Waals surface area contributed by atoms with Crippen LogP contribution in [0.1, 0.15) is 17.3 Å². The van der Waals surface area contributed by atoms with Gasteiger partial charge in [0.15, 0.2) is 0 Å². The Morgan fingerprint density at radius 1 is 1.16 bits per heavy atom. The van der Waals surface area contributed by atoms with Crippen molar-refractivity contribution >= 4 is 17.5 Å². The van der Waals surface area contributed by atoms with Crippen LogP contribution in [-0.2, 0) is 11.2 Å². The van der Waals surface area contributed by atoms with E-state index in [-0.39, 0.29) is 17.8 Å². The zero-order chi connectivity index (χ0) is 13.5. The summed E-state index contributed by atoms with van der Waals surface area (Å²) in [6, 6.07) is 15.5. The number of pyridine rings is 1. The molecule has 1 N–H and O–H groups in total. The Bertz CT molecular complexity index is 516. The smallest absolute Gasteiger partial charge is 0.235 e. The van der Waals surface area contributed by atoms with E-state index in [1.54, 1.807) is 6.20 Å². The second-order valence-corrected chi connectivity index (χ2v) is 4.47. The van der Waals surface area contributed by atoms with E-state index in [4.69, 9.17) is 11.6 Å². The van der Waals surface area contributed by atoms with E-state index in [2.05, 4.69) is 10.3 Å². The van der Waals surface area contributed by atoms with Crippen molar-refractivity contribution in [1.29, 1.82) is 0 Å². The molecule has 0 fully saturated rings. The second kappa shape index (κ2) is 6.90. The fraction of sp³-hybridized carbons (Fsp3) is 0.200. The molecule has 19 heavy (non-hydrogen) atoms. The van der Waals surface area contributed by atoms with Crippen molar-refractivity contribution in [3.8, 4) is 0 Å². The van der Waals surface area contributed by atoms with Crippen molar-refractivity contribution in [2.75, 3.05) is 5.88 Å². The van der Waals surface area contributed by atoms with Crippen LogP contribution in [0.4, 0.5) is 0 Å². The van der Waals surface area contributed by atoms with Gasteiger partial charge in [-0.25, -0.2) is 0 Å². The standard InChI is InChI=1S/C15H15ClN2O/c16-11-15(19)18-14(13-8-4-5-9-17-13)10-12-6-2-1-3-7-12/h1-9,14H,10-11H2,(H,18,19). The number of amides is 1. The third-order valence-electron chi connectivity index (χ3n) is 2.78. The van der Waals surface area contributed by atoms with E-state index >= 15 is 0 Å². The van der Waals surface area contributed by atoms with E-state index < -0.39 is 0 Å². The number of carbonyl (C=O) groups is 1.